The quantitative estimate of drug-likeness (QED) is 0.744. The van der Waals surface area contributed by atoms with Crippen LogP contribution in [0.25, 0.3) is 0 Å². The molecule has 0 aliphatic rings. The van der Waals surface area contributed by atoms with Crippen LogP contribution in [0.15, 0.2) is 6.07 Å². The molecular weight excluding hydrogens is 232 g/mol. The summed E-state index contributed by atoms with van der Waals surface area (Å²) >= 11 is 0. The molecule has 0 radical (unpaired) electrons. The molecule has 1 rings (SSSR count). The molecule has 0 fully saturated rings. The van der Waals surface area contributed by atoms with Gasteiger partial charge in [0.2, 0.25) is 5.88 Å². The molecule has 1 aromatic rings. The van der Waals surface area contributed by atoms with Crippen molar-refractivity contribution in [1.29, 1.82) is 0 Å². The zero-order valence-electron chi connectivity index (χ0n) is 11.3. The van der Waals surface area contributed by atoms with E-state index >= 15 is 0 Å². The fraction of sp³-hybridized carbons (Fsp3) is 0.667. The Labute approximate surface area is 108 Å². The molecule has 0 saturated carbocycles. The Morgan fingerprint density at radius 3 is 2.61 bits per heavy atom. The smallest absolute Gasteiger partial charge is 0.218 e. The summed E-state index contributed by atoms with van der Waals surface area (Å²) < 4.78 is 10.6. The molecule has 18 heavy (non-hydrogen) atoms. The average molecular weight is 254 g/mol. The SMILES string of the molecule is CCN(CC)CCOc1cc(N)nc(COC)n1. The van der Waals surface area contributed by atoms with E-state index in [9.17, 15) is 0 Å². The van der Waals surface area contributed by atoms with Gasteiger partial charge in [-0.25, -0.2) is 4.98 Å². The van der Waals surface area contributed by atoms with Crippen molar-refractivity contribution in [2.75, 3.05) is 39.1 Å². The molecule has 1 heterocycles. The Hall–Kier alpha value is -1.40. The highest BCUT2D eigenvalue weighted by atomic mass is 16.5. The summed E-state index contributed by atoms with van der Waals surface area (Å²) in [6, 6.07) is 1.63. The Balaban J connectivity index is 2.51. The van der Waals surface area contributed by atoms with Crippen LogP contribution < -0.4 is 10.5 Å². The van der Waals surface area contributed by atoms with Crippen molar-refractivity contribution in [2.45, 2.75) is 20.5 Å². The molecule has 0 aliphatic heterocycles. The Bertz CT molecular complexity index is 356. The van der Waals surface area contributed by atoms with Crippen LogP contribution >= 0.6 is 0 Å². The second-order valence-electron chi connectivity index (χ2n) is 3.86. The highest BCUT2D eigenvalue weighted by Gasteiger charge is 2.04. The standard InChI is InChI=1S/C12H22N4O2/c1-4-16(5-2)6-7-18-12-8-10(13)14-11(15-12)9-17-3/h8H,4-7,9H2,1-3H3,(H2,13,14,15). The van der Waals surface area contributed by atoms with Crippen molar-refractivity contribution >= 4 is 5.82 Å². The first-order valence-electron chi connectivity index (χ1n) is 6.17. The predicted octanol–water partition coefficient (Wildman–Crippen LogP) is 0.926. The lowest BCUT2D eigenvalue weighted by atomic mass is 10.5. The maximum atomic E-state index is 5.68. The molecule has 0 spiro atoms. The fourth-order valence-corrected chi connectivity index (χ4v) is 1.58. The van der Waals surface area contributed by atoms with Crippen molar-refractivity contribution in [3.8, 4) is 5.88 Å². The molecule has 0 atom stereocenters. The number of likely N-dealkylation sites (N-methyl/N-ethyl adjacent to an activating group) is 1. The van der Waals surface area contributed by atoms with E-state index in [2.05, 4.69) is 28.7 Å². The molecule has 0 aliphatic carbocycles. The predicted molar refractivity (Wildman–Crippen MR) is 70.4 cm³/mol. The molecule has 0 bridgehead atoms. The maximum absolute atomic E-state index is 5.68. The number of hydrogen-bond acceptors (Lipinski definition) is 6. The van der Waals surface area contributed by atoms with Gasteiger partial charge in [-0.05, 0) is 13.1 Å². The lowest BCUT2D eigenvalue weighted by molar-refractivity contribution is 0.175. The van der Waals surface area contributed by atoms with E-state index < -0.39 is 0 Å². The van der Waals surface area contributed by atoms with Crippen molar-refractivity contribution in [1.82, 2.24) is 14.9 Å². The summed E-state index contributed by atoms with van der Waals surface area (Å²) in [5.41, 5.74) is 5.68. The Morgan fingerprint density at radius 2 is 2.00 bits per heavy atom. The number of nitrogens with two attached hydrogens (primary N) is 1. The molecule has 6 nitrogen and oxygen atoms in total. The molecule has 0 saturated heterocycles. The Kier molecular flexibility index (Phi) is 6.38. The topological polar surface area (TPSA) is 73.5 Å². The van der Waals surface area contributed by atoms with E-state index in [0.717, 1.165) is 19.6 Å². The summed E-state index contributed by atoms with van der Waals surface area (Å²) in [5.74, 6) is 1.44. The number of hydrogen-bond donors (Lipinski definition) is 1. The number of anilines is 1. The van der Waals surface area contributed by atoms with Gasteiger partial charge in [0.25, 0.3) is 0 Å². The third-order valence-corrected chi connectivity index (χ3v) is 2.59. The monoisotopic (exact) mass is 254 g/mol. The normalized spacial score (nSPS) is 10.9. The lowest BCUT2D eigenvalue weighted by Crippen LogP contribution is -2.28. The molecule has 0 unspecified atom stereocenters. The summed E-state index contributed by atoms with van der Waals surface area (Å²) in [4.78, 5) is 10.5. The van der Waals surface area contributed by atoms with Crippen molar-refractivity contribution in [3.63, 3.8) is 0 Å². The largest absolute Gasteiger partial charge is 0.476 e. The van der Waals surface area contributed by atoms with E-state index in [1.54, 1.807) is 13.2 Å². The molecule has 0 aromatic carbocycles. The Morgan fingerprint density at radius 1 is 1.28 bits per heavy atom. The number of methoxy groups -OCH3 is 1. The molecule has 0 amide bonds. The van der Waals surface area contributed by atoms with Crippen LogP contribution in [0.3, 0.4) is 0 Å². The lowest BCUT2D eigenvalue weighted by Gasteiger charge is -2.17. The molecule has 2 N–H and O–H groups in total. The van der Waals surface area contributed by atoms with Gasteiger partial charge in [-0.3, -0.25) is 0 Å². The van der Waals surface area contributed by atoms with Crippen LogP contribution in [0.1, 0.15) is 19.7 Å². The van der Waals surface area contributed by atoms with E-state index in [-0.39, 0.29) is 0 Å². The number of nitrogens with zero attached hydrogens (tertiary/aromatic N) is 3. The van der Waals surface area contributed by atoms with Gasteiger partial charge >= 0.3 is 0 Å². The van der Waals surface area contributed by atoms with Gasteiger partial charge in [0, 0.05) is 19.7 Å². The zero-order chi connectivity index (χ0) is 13.4. The first-order chi connectivity index (χ1) is 8.69. The van der Waals surface area contributed by atoms with Gasteiger partial charge in [0.05, 0.1) is 0 Å². The third-order valence-electron chi connectivity index (χ3n) is 2.59. The van der Waals surface area contributed by atoms with Gasteiger partial charge < -0.3 is 20.1 Å². The molecule has 1 aromatic heterocycles. The van der Waals surface area contributed by atoms with E-state index in [1.807, 2.05) is 0 Å². The van der Waals surface area contributed by atoms with Gasteiger partial charge in [-0.15, -0.1) is 0 Å². The van der Waals surface area contributed by atoms with E-state index in [0.29, 0.717) is 30.7 Å². The number of rotatable bonds is 8. The number of nitrogen functional groups attached to an aromatic ring is 1. The van der Waals surface area contributed by atoms with Crippen LogP contribution in [-0.2, 0) is 11.3 Å². The third kappa shape index (κ3) is 4.85. The first-order valence-corrected chi connectivity index (χ1v) is 6.17. The second-order valence-corrected chi connectivity index (χ2v) is 3.86. The minimum Gasteiger partial charge on any atom is -0.476 e. The van der Waals surface area contributed by atoms with Gasteiger partial charge in [0.15, 0.2) is 5.82 Å². The van der Waals surface area contributed by atoms with Crippen LogP contribution in [0.5, 0.6) is 5.88 Å². The van der Waals surface area contributed by atoms with Gasteiger partial charge in [-0.2, -0.15) is 4.98 Å². The average Bonchev–Trinajstić information content (AvgIpc) is 2.34. The van der Waals surface area contributed by atoms with E-state index in [4.69, 9.17) is 15.2 Å². The van der Waals surface area contributed by atoms with Crippen LogP contribution in [0.4, 0.5) is 5.82 Å². The van der Waals surface area contributed by atoms with Crippen LogP contribution in [-0.4, -0.2) is 48.2 Å². The van der Waals surface area contributed by atoms with Crippen molar-refractivity contribution < 1.29 is 9.47 Å². The highest BCUT2D eigenvalue weighted by Crippen LogP contribution is 2.11. The van der Waals surface area contributed by atoms with Crippen molar-refractivity contribution in [3.05, 3.63) is 11.9 Å². The number of ether oxygens (including phenoxy) is 2. The summed E-state index contributed by atoms with van der Waals surface area (Å²) in [6.45, 7) is 8.08. The van der Waals surface area contributed by atoms with Gasteiger partial charge in [-0.1, -0.05) is 13.8 Å². The van der Waals surface area contributed by atoms with E-state index in [1.165, 1.54) is 0 Å². The summed E-state index contributed by atoms with van der Waals surface area (Å²) in [6.07, 6.45) is 0. The highest BCUT2D eigenvalue weighted by molar-refractivity contribution is 5.32. The number of aromatic nitrogens is 2. The minimum absolute atomic E-state index is 0.331. The molecule has 6 heteroatoms. The minimum atomic E-state index is 0.331. The first kappa shape index (κ1) is 14.7. The fourth-order valence-electron chi connectivity index (χ4n) is 1.58. The van der Waals surface area contributed by atoms with Crippen LogP contribution in [0.2, 0.25) is 0 Å². The van der Waals surface area contributed by atoms with Gasteiger partial charge in [0.1, 0.15) is 19.0 Å². The molecular formula is C12H22N4O2. The summed E-state index contributed by atoms with van der Waals surface area (Å²) in [7, 11) is 1.59. The molecule has 102 valence electrons. The maximum Gasteiger partial charge on any atom is 0.218 e. The van der Waals surface area contributed by atoms with Crippen molar-refractivity contribution in [2.24, 2.45) is 0 Å². The zero-order valence-corrected chi connectivity index (χ0v) is 11.3. The summed E-state index contributed by atoms with van der Waals surface area (Å²) in [5, 5.41) is 0. The second kappa shape index (κ2) is 7.84. The van der Waals surface area contributed by atoms with Crippen LogP contribution in [0, 0.1) is 0 Å².